The van der Waals surface area contributed by atoms with E-state index in [1.54, 1.807) is 17.0 Å². The summed E-state index contributed by atoms with van der Waals surface area (Å²) in [7, 11) is 0. The van der Waals surface area contributed by atoms with Crippen LogP contribution in [0.25, 0.3) is 11.0 Å². The van der Waals surface area contributed by atoms with E-state index in [2.05, 4.69) is 45.2 Å². The number of rotatable bonds is 4. The van der Waals surface area contributed by atoms with Gasteiger partial charge in [0.1, 0.15) is 5.65 Å². The Morgan fingerprint density at radius 2 is 1.69 bits per heavy atom. The fraction of sp³-hybridized carbons (Fsp3) is 0.208. The maximum atomic E-state index is 13.5. The van der Waals surface area contributed by atoms with E-state index >= 15 is 0 Å². The van der Waals surface area contributed by atoms with Crippen molar-refractivity contribution in [2.24, 2.45) is 0 Å². The van der Waals surface area contributed by atoms with E-state index in [9.17, 15) is 4.79 Å². The quantitative estimate of drug-likeness (QED) is 0.543. The number of hydrogen-bond donors (Lipinski definition) is 0. The number of pyridine rings is 3. The van der Waals surface area contributed by atoms with Gasteiger partial charge < -0.3 is 0 Å². The zero-order chi connectivity index (χ0) is 19.6. The maximum Gasteiger partial charge on any atom is 0.257 e. The molecule has 5 heteroatoms. The SMILES string of the molecule is O=c1c2c(c3cccnc3n1Cc1cccnc1)CCN(Cc1ccccc1)C2. The van der Waals surface area contributed by atoms with Crippen LogP contribution in [-0.2, 0) is 26.1 Å². The molecule has 0 saturated carbocycles. The molecule has 0 N–H and O–H groups in total. The highest BCUT2D eigenvalue weighted by Gasteiger charge is 2.24. The Hall–Kier alpha value is -3.31. The van der Waals surface area contributed by atoms with Crippen molar-refractivity contribution in [3.63, 3.8) is 0 Å². The Labute approximate surface area is 169 Å². The van der Waals surface area contributed by atoms with Crippen LogP contribution in [0.15, 0.2) is 78.0 Å². The van der Waals surface area contributed by atoms with Gasteiger partial charge in [-0.25, -0.2) is 4.98 Å². The van der Waals surface area contributed by atoms with Crippen LogP contribution in [0.2, 0.25) is 0 Å². The van der Waals surface area contributed by atoms with Gasteiger partial charge in [0.25, 0.3) is 5.56 Å². The molecule has 4 aromatic rings. The Balaban J connectivity index is 1.57. The third kappa shape index (κ3) is 3.45. The van der Waals surface area contributed by atoms with Crippen LogP contribution < -0.4 is 5.56 Å². The van der Waals surface area contributed by atoms with Crippen LogP contribution in [-0.4, -0.2) is 26.0 Å². The molecule has 4 heterocycles. The molecule has 0 atom stereocenters. The molecule has 0 bridgehead atoms. The lowest BCUT2D eigenvalue weighted by atomic mass is 9.97. The third-order valence-corrected chi connectivity index (χ3v) is 5.61. The minimum absolute atomic E-state index is 0.0628. The van der Waals surface area contributed by atoms with E-state index in [1.807, 2.05) is 30.5 Å². The van der Waals surface area contributed by atoms with Crippen LogP contribution in [0, 0.1) is 0 Å². The molecular formula is C24H22N4O. The summed E-state index contributed by atoms with van der Waals surface area (Å²) in [6.45, 7) is 2.94. The van der Waals surface area contributed by atoms with Crippen molar-refractivity contribution < 1.29 is 0 Å². The molecular weight excluding hydrogens is 360 g/mol. The van der Waals surface area contributed by atoms with Crippen LogP contribution in [0.5, 0.6) is 0 Å². The summed E-state index contributed by atoms with van der Waals surface area (Å²) in [5.74, 6) is 0. The second kappa shape index (κ2) is 7.60. The summed E-state index contributed by atoms with van der Waals surface area (Å²) in [5, 5.41) is 1.09. The second-order valence-electron chi connectivity index (χ2n) is 7.53. The highest BCUT2D eigenvalue weighted by molar-refractivity contribution is 5.80. The summed E-state index contributed by atoms with van der Waals surface area (Å²) < 4.78 is 1.80. The van der Waals surface area contributed by atoms with Crippen molar-refractivity contribution in [3.8, 4) is 0 Å². The second-order valence-corrected chi connectivity index (χ2v) is 7.53. The van der Waals surface area contributed by atoms with E-state index in [0.717, 1.165) is 47.2 Å². The van der Waals surface area contributed by atoms with Crippen molar-refractivity contribution >= 4 is 11.0 Å². The highest BCUT2D eigenvalue weighted by atomic mass is 16.1. The number of hydrogen-bond acceptors (Lipinski definition) is 4. The lowest BCUT2D eigenvalue weighted by Crippen LogP contribution is -2.37. The summed E-state index contributed by atoms with van der Waals surface area (Å²) in [6.07, 6.45) is 6.19. The van der Waals surface area contributed by atoms with E-state index in [4.69, 9.17) is 0 Å². The molecule has 0 fully saturated rings. The predicted octanol–water partition coefficient (Wildman–Crippen LogP) is 3.40. The fourth-order valence-corrected chi connectivity index (χ4v) is 4.22. The molecule has 0 unspecified atom stereocenters. The van der Waals surface area contributed by atoms with Crippen molar-refractivity contribution in [2.45, 2.75) is 26.1 Å². The van der Waals surface area contributed by atoms with Gasteiger partial charge in [0.15, 0.2) is 0 Å². The molecule has 0 aliphatic carbocycles. The van der Waals surface area contributed by atoms with E-state index < -0.39 is 0 Å². The van der Waals surface area contributed by atoms with Gasteiger partial charge >= 0.3 is 0 Å². The minimum Gasteiger partial charge on any atom is -0.294 e. The third-order valence-electron chi connectivity index (χ3n) is 5.61. The Morgan fingerprint density at radius 1 is 0.862 bits per heavy atom. The Kier molecular flexibility index (Phi) is 4.66. The molecule has 5 rings (SSSR count). The Morgan fingerprint density at radius 3 is 2.52 bits per heavy atom. The Bertz CT molecular complexity index is 1200. The maximum absolute atomic E-state index is 13.5. The van der Waals surface area contributed by atoms with Crippen molar-refractivity contribution in [1.29, 1.82) is 0 Å². The van der Waals surface area contributed by atoms with E-state index in [-0.39, 0.29) is 5.56 Å². The average Bonchev–Trinajstić information content (AvgIpc) is 2.78. The molecule has 5 nitrogen and oxygen atoms in total. The van der Waals surface area contributed by atoms with Crippen molar-refractivity contribution in [1.82, 2.24) is 19.4 Å². The van der Waals surface area contributed by atoms with Crippen molar-refractivity contribution in [2.75, 3.05) is 6.54 Å². The van der Waals surface area contributed by atoms with Gasteiger partial charge in [-0.3, -0.25) is 19.2 Å². The lowest BCUT2D eigenvalue weighted by molar-refractivity contribution is 0.244. The van der Waals surface area contributed by atoms with Crippen LogP contribution in [0.3, 0.4) is 0 Å². The van der Waals surface area contributed by atoms with Crippen LogP contribution >= 0.6 is 0 Å². The topological polar surface area (TPSA) is 51.0 Å². The summed E-state index contributed by atoms with van der Waals surface area (Å²) in [5.41, 5.74) is 5.15. The molecule has 1 aromatic carbocycles. The van der Waals surface area contributed by atoms with Gasteiger partial charge in [0.05, 0.1) is 6.54 Å². The normalized spacial score (nSPS) is 14.1. The molecule has 1 aliphatic rings. The first kappa shape index (κ1) is 17.8. The van der Waals surface area contributed by atoms with Gasteiger partial charge in [0, 0.05) is 49.2 Å². The fourth-order valence-electron chi connectivity index (χ4n) is 4.22. The van der Waals surface area contributed by atoms with Gasteiger partial charge in [0.2, 0.25) is 0 Å². The average molecular weight is 382 g/mol. The van der Waals surface area contributed by atoms with Gasteiger partial charge in [-0.05, 0) is 41.3 Å². The summed E-state index contributed by atoms with van der Waals surface area (Å²) in [4.78, 5) is 24.6. The number of aromatic nitrogens is 3. The zero-order valence-electron chi connectivity index (χ0n) is 16.2. The highest BCUT2D eigenvalue weighted by Crippen LogP contribution is 2.25. The standard InChI is InChI=1S/C24H22N4O/c29-24-22-17-27(15-18-6-2-1-3-7-18)13-10-20(22)21-9-5-12-26-23(21)28(24)16-19-8-4-11-25-14-19/h1-9,11-12,14H,10,13,15-17H2. The molecule has 0 amide bonds. The number of fused-ring (bicyclic) bond motifs is 3. The van der Waals surface area contributed by atoms with Crippen molar-refractivity contribution in [3.05, 3.63) is 106 Å². The molecule has 144 valence electrons. The zero-order valence-corrected chi connectivity index (χ0v) is 16.2. The van der Waals surface area contributed by atoms with Crippen LogP contribution in [0.1, 0.15) is 22.3 Å². The molecule has 0 saturated heterocycles. The monoisotopic (exact) mass is 382 g/mol. The first-order valence-corrected chi connectivity index (χ1v) is 9.94. The lowest BCUT2D eigenvalue weighted by Gasteiger charge is -2.30. The van der Waals surface area contributed by atoms with Crippen LogP contribution in [0.4, 0.5) is 0 Å². The largest absolute Gasteiger partial charge is 0.294 e. The number of nitrogens with zero attached hydrogens (tertiary/aromatic N) is 4. The summed E-state index contributed by atoms with van der Waals surface area (Å²) >= 11 is 0. The molecule has 29 heavy (non-hydrogen) atoms. The smallest absolute Gasteiger partial charge is 0.257 e. The van der Waals surface area contributed by atoms with Gasteiger partial charge in [-0.15, -0.1) is 0 Å². The molecule has 1 aliphatic heterocycles. The molecule has 0 radical (unpaired) electrons. The van der Waals surface area contributed by atoms with Gasteiger partial charge in [-0.1, -0.05) is 36.4 Å². The molecule has 0 spiro atoms. The first-order chi connectivity index (χ1) is 14.3. The van der Waals surface area contributed by atoms with Gasteiger partial charge in [-0.2, -0.15) is 0 Å². The van der Waals surface area contributed by atoms with E-state index in [0.29, 0.717) is 13.1 Å². The summed E-state index contributed by atoms with van der Waals surface area (Å²) in [6, 6.07) is 18.4. The minimum atomic E-state index is 0.0628. The van der Waals surface area contributed by atoms with E-state index in [1.165, 1.54) is 5.56 Å². The first-order valence-electron chi connectivity index (χ1n) is 9.94. The molecule has 3 aromatic heterocycles. The predicted molar refractivity (Wildman–Crippen MR) is 114 cm³/mol. The number of benzene rings is 1.